The Morgan fingerprint density at radius 1 is 1.38 bits per heavy atom. The lowest BCUT2D eigenvalue weighted by molar-refractivity contribution is 0.160. The molecule has 1 heterocycles. The fraction of sp³-hybridized carbons (Fsp3) is 1.00. The number of aliphatic hydroxyl groups excluding tert-OH is 1. The van der Waals surface area contributed by atoms with E-state index in [4.69, 9.17) is 5.11 Å². The maximum atomic E-state index is 9.00. The predicted octanol–water partition coefficient (Wildman–Crippen LogP) is 1.47. The second-order valence-corrected chi connectivity index (χ2v) is 6.09. The van der Waals surface area contributed by atoms with Gasteiger partial charge in [0.25, 0.3) is 0 Å². The van der Waals surface area contributed by atoms with Crippen LogP contribution in [0.2, 0.25) is 0 Å². The first kappa shape index (κ1) is 13.9. The van der Waals surface area contributed by atoms with Gasteiger partial charge < -0.3 is 10.4 Å². The van der Waals surface area contributed by atoms with Gasteiger partial charge in [-0.1, -0.05) is 13.8 Å². The lowest BCUT2D eigenvalue weighted by Gasteiger charge is -2.27. The molecule has 0 amide bonds. The third kappa shape index (κ3) is 4.40. The molecule has 0 bridgehead atoms. The third-order valence-corrected chi connectivity index (χ3v) is 3.55. The van der Waals surface area contributed by atoms with Crippen molar-refractivity contribution in [2.24, 2.45) is 5.41 Å². The Hall–Kier alpha value is -0.120. The molecule has 0 aromatic heterocycles. The lowest BCUT2D eigenvalue weighted by Crippen LogP contribution is -2.37. The van der Waals surface area contributed by atoms with E-state index in [0.29, 0.717) is 17.5 Å². The highest BCUT2D eigenvalue weighted by Gasteiger charge is 2.30. The Bertz CT molecular complexity index is 204. The molecule has 1 atom stereocenters. The second-order valence-electron chi connectivity index (χ2n) is 6.09. The number of hydrogen-bond donors (Lipinski definition) is 2. The molecule has 16 heavy (non-hydrogen) atoms. The summed E-state index contributed by atoms with van der Waals surface area (Å²) in [6, 6.07) is 1.19. The van der Waals surface area contributed by atoms with Crippen molar-refractivity contribution < 1.29 is 5.11 Å². The SMILES string of the molecule is CC(C)N(CCO)CCC1CC(C)(C)CN1. The van der Waals surface area contributed by atoms with Crippen LogP contribution in [-0.4, -0.2) is 48.3 Å². The Morgan fingerprint density at radius 2 is 2.06 bits per heavy atom. The van der Waals surface area contributed by atoms with E-state index in [1.165, 1.54) is 12.8 Å². The maximum absolute atomic E-state index is 9.00. The summed E-state index contributed by atoms with van der Waals surface area (Å²) in [7, 11) is 0. The van der Waals surface area contributed by atoms with Crippen molar-refractivity contribution in [3.8, 4) is 0 Å². The highest BCUT2D eigenvalue weighted by molar-refractivity contribution is 4.88. The van der Waals surface area contributed by atoms with Crippen molar-refractivity contribution >= 4 is 0 Å². The van der Waals surface area contributed by atoms with Gasteiger partial charge in [0.1, 0.15) is 0 Å². The Kier molecular flexibility index (Phi) is 5.22. The van der Waals surface area contributed by atoms with E-state index in [2.05, 4.69) is 37.9 Å². The van der Waals surface area contributed by atoms with Crippen molar-refractivity contribution in [2.45, 2.75) is 52.6 Å². The molecule has 0 aromatic rings. The van der Waals surface area contributed by atoms with Crippen molar-refractivity contribution in [3.63, 3.8) is 0 Å². The van der Waals surface area contributed by atoms with E-state index >= 15 is 0 Å². The minimum absolute atomic E-state index is 0.266. The molecular weight excluding hydrogens is 200 g/mol. The van der Waals surface area contributed by atoms with Crippen LogP contribution in [0.1, 0.15) is 40.5 Å². The number of aliphatic hydroxyl groups is 1. The largest absolute Gasteiger partial charge is 0.395 e. The third-order valence-electron chi connectivity index (χ3n) is 3.55. The Morgan fingerprint density at radius 3 is 2.50 bits per heavy atom. The summed E-state index contributed by atoms with van der Waals surface area (Å²) in [6.45, 7) is 12.3. The van der Waals surface area contributed by atoms with E-state index in [-0.39, 0.29) is 6.61 Å². The van der Waals surface area contributed by atoms with Crippen LogP contribution in [0.4, 0.5) is 0 Å². The predicted molar refractivity (Wildman–Crippen MR) is 68.6 cm³/mol. The van der Waals surface area contributed by atoms with Crippen molar-refractivity contribution in [1.29, 1.82) is 0 Å². The average Bonchev–Trinajstić information content (AvgIpc) is 2.52. The molecule has 0 spiro atoms. The molecule has 0 radical (unpaired) electrons. The van der Waals surface area contributed by atoms with E-state index in [0.717, 1.165) is 19.6 Å². The topological polar surface area (TPSA) is 35.5 Å². The van der Waals surface area contributed by atoms with Crippen LogP contribution < -0.4 is 5.32 Å². The molecule has 1 unspecified atom stereocenters. The summed E-state index contributed by atoms with van der Waals surface area (Å²) < 4.78 is 0. The molecule has 1 fully saturated rings. The van der Waals surface area contributed by atoms with Gasteiger partial charge in [-0.05, 0) is 38.6 Å². The van der Waals surface area contributed by atoms with Gasteiger partial charge in [-0.2, -0.15) is 0 Å². The molecule has 1 saturated heterocycles. The van der Waals surface area contributed by atoms with Crippen molar-refractivity contribution in [3.05, 3.63) is 0 Å². The molecule has 1 rings (SSSR count). The van der Waals surface area contributed by atoms with E-state index in [1.54, 1.807) is 0 Å². The molecule has 0 aliphatic carbocycles. The van der Waals surface area contributed by atoms with Gasteiger partial charge in [-0.25, -0.2) is 0 Å². The minimum atomic E-state index is 0.266. The first-order valence-corrected chi connectivity index (χ1v) is 6.53. The normalized spacial score (nSPS) is 24.6. The molecule has 0 saturated carbocycles. The zero-order valence-electron chi connectivity index (χ0n) is 11.3. The monoisotopic (exact) mass is 228 g/mol. The van der Waals surface area contributed by atoms with Gasteiger partial charge in [0.15, 0.2) is 0 Å². The summed E-state index contributed by atoms with van der Waals surface area (Å²) >= 11 is 0. The van der Waals surface area contributed by atoms with E-state index in [1.807, 2.05) is 0 Å². The van der Waals surface area contributed by atoms with Crippen molar-refractivity contribution in [2.75, 3.05) is 26.2 Å². The number of hydrogen-bond acceptors (Lipinski definition) is 3. The second kappa shape index (κ2) is 5.99. The molecule has 0 aromatic carbocycles. The van der Waals surface area contributed by atoms with Crippen LogP contribution in [0.5, 0.6) is 0 Å². The molecule has 3 heteroatoms. The summed E-state index contributed by atoms with van der Waals surface area (Å²) in [5.41, 5.74) is 0.463. The highest BCUT2D eigenvalue weighted by Crippen LogP contribution is 2.28. The summed E-state index contributed by atoms with van der Waals surface area (Å²) in [4.78, 5) is 2.35. The molecule has 1 aliphatic rings. The average molecular weight is 228 g/mol. The van der Waals surface area contributed by atoms with Crippen LogP contribution in [-0.2, 0) is 0 Å². The van der Waals surface area contributed by atoms with Gasteiger partial charge in [-0.3, -0.25) is 4.90 Å². The van der Waals surface area contributed by atoms with Gasteiger partial charge in [0, 0.05) is 25.2 Å². The van der Waals surface area contributed by atoms with Gasteiger partial charge in [0.05, 0.1) is 6.61 Å². The van der Waals surface area contributed by atoms with Crippen LogP contribution in [0.25, 0.3) is 0 Å². The van der Waals surface area contributed by atoms with Crippen LogP contribution in [0.15, 0.2) is 0 Å². The maximum Gasteiger partial charge on any atom is 0.0558 e. The molecular formula is C13H28N2O. The summed E-state index contributed by atoms with van der Waals surface area (Å²) in [5.74, 6) is 0. The van der Waals surface area contributed by atoms with E-state index in [9.17, 15) is 0 Å². The van der Waals surface area contributed by atoms with Crippen LogP contribution >= 0.6 is 0 Å². The van der Waals surface area contributed by atoms with Crippen molar-refractivity contribution in [1.82, 2.24) is 10.2 Å². The smallest absolute Gasteiger partial charge is 0.0558 e. The Labute approximate surface area is 100 Å². The standard InChI is InChI=1S/C13H28N2O/c1-11(2)15(7-8-16)6-5-12-9-13(3,4)10-14-12/h11-12,14,16H,5-10H2,1-4H3. The minimum Gasteiger partial charge on any atom is -0.395 e. The highest BCUT2D eigenvalue weighted by atomic mass is 16.3. The number of rotatable bonds is 6. The first-order chi connectivity index (χ1) is 7.44. The molecule has 96 valence electrons. The quantitative estimate of drug-likeness (QED) is 0.722. The number of nitrogens with one attached hydrogen (secondary N) is 1. The fourth-order valence-corrected chi connectivity index (χ4v) is 2.51. The zero-order valence-corrected chi connectivity index (χ0v) is 11.3. The van der Waals surface area contributed by atoms with Gasteiger partial charge >= 0.3 is 0 Å². The first-order valence-electron chi connectivity index (χ1n) is 6.53. The van der Waals surface area contributed by atoms with Crippen LogP contribution in [0, 0.1) is 5.41 Å². The number of nitrogens with zero attached hydrogens (tertiary/aromatic N) is 1. The summed E-state index contributed by atoms with van der Waals surface area (Å²) in [5, 5.41) is 12.6. The molecule has 3 nitrogen and oxygen atoms in total. The fourth-order valence-electron chi connectivity index (χ4n) is 2.51. The zero-order chi connectivity index (χ0) is 12.2. The Balaban J connectivity index is 2.27. The lowest BCUT2D eigenvalue weighted by atomic mass is 9.90. The summed E-state index contributed by atoms with van der Waals surface area (Å²) in [6.07, 6.45) is 2.47. The van der Waals surface area contributed by atoms with Crippen LogP contribution in [0.3, 0.4) is 0 Å². The molecule has 2 N–H and O–H groups in total. The van der Waals surface area contributed by atoms with E-state index < -0.39 is 0 Å². The molecule has 1 aliphatic heterocycles. The van der Waals surface area contributed by atoms with Gasteiger partial charge in [-0.15, -0.1) is 0 Å². The van der Waals surface area contributed by atoms with Gasteiger partial charge in [0.2, 0.25) is 0 Å².